The summed E-state index contributed by atoms with van der Waals surface area (Å²) in [5.41, 5.74) is 2.51. The summed E-state index contributed by atoms with van der Waals surface area (Å²) in [6, 6.07) is 8.95. The molecule has 19 heavy (non-hydrogen) atoms. The Kier molecular flexibility index (Phi) is 4.22. The molecule has 1 aromatic carbocycles. The first-order chi connectivity index (χ1) is 9.08. The molecule has 0 radical (unpaired) electrons. The summed E-state index contributed by atoms with van der Waals surface area (Å²) in [7, 11) is 6.12. The van der Waals surface area contributed by atoms with Gasteiger partial charge < -0.3 is 14.8 Å². The molecule has 2 rings (SSSR count). The van der Waals surface area contributed by atoms with Gasteiger partial charge in [0.05, 0.1) is 6.54 Å². The summed E-state index contributed by atoms with van der Waals surface area (Å²) in [4.78, 5) is 6.42. The zero-order valence-electron chi connectivity index (χ0n) is 12.1. The second-order valence-electron chi connectivity index (χ2n) is 5.04. The highest BCUT2D eigenvalue weighted by atomic mass is 15.1. The molecule has 4 heteroatoms. The number of hydrogen-bond acceptors (Lipinski definition) is 3. The molecule has 0 aliphatic heterocycles. The van der Waals surface area contributed by atoms with Crippen LogP contribution < -0.4 is 10.2 Å². The summed E-state index contributed by atoms with van der Waals surface area (Å²) in [6.45, 7) is 2.95. The van der Waals surface area contributed by atoms with E-state index >= 15 is 0 Å². The maximum Gasteiger partial charge on any atom is 0.122 e. The number of nitrogens with zero attached hydrogens (tertiary/aromatic N) is 3. The molecule has 0 amide bonds. The van der Waals surface area contributed by atoms with Gasteiger partial charge in [0.2, 0.25) is 0 Å². The summed E-state index contributed by atoms with van der Waals surface area (Å²) in [6.07, 6.45) is 3.79. The largest absolute Gasteiger partial charge is 0.378 e. The lowest BCUT2D eigenvalue weighted by Crippen LogP contribution is -2.20. The number of aromatic nitrogens is 2. The minimum atomic E-state index is 0.313. The Balaban J connectivity index is 1.96. The van der Waals surface area contributed by atoms with Crippen molar-refractivity contribution in [1.82, 2.24) is 14.9 Å². The zero-order chi connectivity index (χ0) is 13.8. The Morgan fingerprint density at radius 1 is 1.26 bits per heavy atom. The van der Waals surface area contributed by atoms with Crippen molar-refractivity contribution in [2.24, 2.45) is 7.05 Å². The quantitative estimate of drug-likeness (QED) is 0.893. The van der Waals surface area contributed by atoms with Crippen LogP contribution in [0.5, 0.6) is 0 Å². The van der Waals surface area contributed by atoms with Crippen LogP contribution in [0.15, 0.2) is 36.7 Å². The molecule has 0 aliphatic rings. The molecule has 0 aliphatic carbocycles. The van der Waals surface area contributed by atoms with Crippen LogP contribution in [0.1, 0.15) is 24.4 Å². The SMILES string of the molecule is CC(NCc1nccn1C)c1ccc(N(C)C)cc1. The molecule has 0 saturated carbocycles. The fourth-order valence-electron chi connectivity index (χ4n) is 1.99. The first-order valence-electron chi connectivity index (χ1n) is 6.55. The smallest absolute Gasteiger partial charge is 0.122 e. The maximum atomic E-state index is 4.31. The normalized spacial score (nSPS) is 12.4. The number of nitrogens with one attached hydrogen (secondary N) is 1. The summed E-state index contributed by atoms with van der Waals surface area (Å²) in [5, 5.41) is 3.49. The van der Waals surface area contributed by atoms with Crippen LogP contribution in [-0.2, 0) is 13.6 Å². The first-order valence-corrected chi connectivity index (χ1v) is 6.55. The minimum absolute atomic E-state index is 0.313. The molecule has 0 fully saturated rings. The molecule has 0 spiro atoms. The molecule has 4 nitrogen and oxygen atoms in total. The number of anilines is 1. The first kappa shape index (κ1) is 13.6. The summed E-state index contributed by atoms with van der Waals surface area (Å²) in [5.74, 6) is 1.05. The second-order valence-corrected chi connectivity index (χ2v) is 5.04. The predicted molar refractivity (Wildman–Crippen MR) is 79.2 cm³/mol. The van der Waals surface area contributed by atoms with Crippen LogP contribution in [-0.4, -0.2) is 23.6 Å². The molecule has 1 atom stereocenters. The van der Waals surface area contributed by atoms with E-state index in [1.165, 1.54) is 11.3 Å². The van der Waals surface area contributed by atoms with Crippen LogP contribution in [0.4, 0.5) is 5.69 Å². The number of benzene rings is 1. The van der Waals surface area contributed by atoms with Gasteiger partial charge in [0.1, 0.15) is 5.82 Å². The molecule has 1 N–H and O–H groups in total. The van der Waals surface area contributed by atoms with Gasteiger partial charge in [0, 0.05) is 45.3 Å². The fourth-order valence-corrected chi connectivity index (χ4v) is 1.99. The van der Waals surface area contributed by atoms with E-state index in [0.29, 0.717) is 6.04 Å². The Hall–Kier alpha value is -1.81. The van der Waals surface area contributed by atoms with Crippen LogP contribution in [0.25, 0.3) is 0 Å². The lowest BCUT2D eigenvalue weighted by molar-refractivity contribution is 0.549. The van der Waals surface area contributed by atoms with Crippen LogP contribution >= 0.6 is 0 Å². The molecule has 1 heterocycles. The van der Waals surface area contributed by atoms with Crippen molar-refractivity contribution in [2.75, 3.05) is 19.0 Å². The van der Waals surface area contributed by atoms with Crippen molar-refractivity contribution in [3.05, 3.63) is 48.0 Å². The summed E-state index contributed by atoms with van der Waals surface area (Å²) < 4.78 is 2.04. The van der Waals surface area contributed by atoms with E-state index in [0.717, 1.165) is 12.4 Å². The highest BCUT2D eigenvalue weighted by Crippen LogP contribution is 2.17. The topological polar surface area (TPSA) is 33.1 Å². The van der Waals surface area contributed by atoms with Gasteiger partial charge in [-0.05, 0) is 24.6 Å². The molecular weight excluding hydrogens is 236 g/mol. The Labute approximate surface area is 115 Å². The van der Waals surface area contributed by atoms with Gasteiger partial charge in [-0.3, -0.25) is 0 Å². The van der Waals surface area contributed by atoms with Crippen molar-refractivity contribution >= 4 is 5.69 Å². The van der Waals surface area contributed by atoms with Gasteiger partial charge in [-0.25, -0.2) is 4.98 Å². The maximum absolute atomic E-state index is 4.31. The van der Waals surface area contributed by atoms with Gasteiger partial charge in [-0.1, -0.05) is 12.1 Å². The number of hydrogen-bond donors (Lipinski definition) is 1. The number of imidazole rings is 1. The van der Waals surface area contributed by atoms with Crippen molar-refractivity contribution in [3.63, 3.8) is 0 Å². The van der Waals surface area contributed by atoms with Gasteiger partial charge in [0.25, 0.3) is 0 Å². The average Bonchev–Trinajstić information content (AvgIpc) is 2.81. The lowest BCUT2D eigenvalue weighted by Gasteiger charge is -2.17. The highest BCUT2D eigenvalue weighted by molar-refractivity contribution is 5.46. The molecule has 2 aromatic rings. The lowest BCUT2D eigenvalue weighted by atomic mass is 10.1. The van der Waals surface area contributed by atoms with Crippen LogP contribution in [0.2, 0.25) is 0 Å². The van der Waals surface area contributed by atoms with Gasteiger partial charge in [-0.15, -0.1) is 0 Å². The molecule has 0 saturated heterocycles. The molecule has 1 aromatic heterocycles. The van der Waals surface area contributed by atoms with E-state index in [4.69, 9.17) is 0 Å². The van der Waals surface area contributed by atoms with E-state index < -0.39 is 0 Å². The van der Waals surface area contributed by atoms with Gasteiger partial charge in [0.15, 0.2) is 0 Å². The fraction of sp³-hybridized carbons (Fsp3) is 0.400. The zero-order valence-corrected chi connectivity index (χ0v) is 12.1. The van der Waals surface area contributed by atoms with E-state index in [-0.39, 0.29) is 0 Å². The molecule has 1 unspecified atom stereocenters. The minimum Gasteiger partial charge on any atom is -0.378 e. The van der Waals surface area contributed by atoms with Crippen LogP contribution in [0.3, 0.4) is 0 Å². The second kappa shape index (κ2) is 5.89. The van der Waals surface area contributed by atoms with Crippen LogP contribution in [0, 0.1) is 0 Å². The number of rotatable bonds is 5. The van der Waals surface area contributed by atoms with E-state index in [1.807, 2.05) is 24.0 Å². The standard InChI is InChI=1S/C15H22N4/c1-12(17-11-15-16-9-10-19(15)4)13-5-7-14(8-6-13)18(2)3/h5-10,12,17H,11H2,1-4H3. The third kappa shape index (κ3) is 3.35. The van der Waals surface area contributed by atoms with Crippen molar-refractivity contribution in [3.8, 4) is 0 Å². The third-order valence-electron chi connectivity index (χ3n) is 3.40. The third-order valence-corrected chi connectivity index (χ3v) is 3.40. The summed E-state index contributed by atoms with van der Waals surface area (Å²) >= 11 is 0. The Morgan fingerprint density at radius 3 is 2.47 bits per heavy atom. The number of aryl methyl sites for hydroxylation is 1. The van der Waals surface area contributed by atoms with Gasteiger partial charge >= 0.3 is 0 Å². The van der Waals surface area contributed by atoms with E-state index in [1.54, 1.807) is 0 Å². The monoisotopic (exact) mass is 258 g/mol. The predicted octanol–water partition coefficient (Wildman–Crippen LogP) is 2.34. The Bertz CT molecular complexity index is 513. The highest BCUT2D eigenvalue weighted by Gasteiger charge is 2.07. The van der Waals surface area contributed by atoms with Gasteiger partial charge in [-0.2, -0.15) is 0 Å². The molecule has 102 valence electrons. The Morgan fingerprint density at radius 2 is 1.95 bits per heavy atom. The van der Waals surface area contributed by atoms with E-state index in [2.05, 4.69) is 60.5 Å². The average molecular weight is 258 g/mol. The van der Waals surface area contributed by atoms with Crippen molar-refractivity contribution < 1.29 is 0 Å². The van der Waals surface area contributed by atoms with Crippen molar-refractivity contribution in [2.45, 2.75) is 19.5 Å². The van der Waals surface area contributed by atoms with E-state index in [9.17, 15) is 0 Å². The van der Waals surface area contributed by atoms with Crippen molar-refractivity contribution in [1.29, 1.82) is 0 Å². The molecular formula is C15H22N4. The molecule has 0 bridgehead atoms.